The van der Waals surface area contributed by atoms with Gasteiger partial charge in [-0.25, -0.2) is 0 Å². The highest BCUT2D eigenvalue weighted by molar-refractivity contribution is 5.79. The predicted octanol–water partition coefficient (Wildman–Crippen LogP) is 3.53. The van der Waals surface area contributed by atoms with Crippen LogP contribution in [0, 0.1) is 6.92 Å². The van der Waals surface area contributed by atoms with E-state index in [2.05, 4.69) is 53.6 Å². The summed E-state index contributed by atoms with van der Waals surface area (Å²) in [6.07, 6.45) is 1.92. The van der Waals surface area contributed by atoms with Crippen LogP contribution in [-0.4, -0.2) is 19.3 Å². The third kappa shape index (κ3) is 4.06. The molecule has 0 aliphatic rings. The highest BCUT2D eigenvalue weighted by atomic mass is 14.9. The molecule has 92 valence electrons. The normalized spacial score (nSPS) is 10.7. The molecular weight excluding hydrogens is 220 g/mol. The standard InChI is InChI=1S/C16H18N2/c1-14-7-9-15(10-8-14)13-17-11-12-18-16-5-3-2-4-6-16/h2-10,13,18H,11-12H2,1H3. The lowest BCUT2D eigenvalue weighted by Gasteiger charge is -2.03. The number of aliphatic imine (C=N–C) groups is 1. The van der Waals surface area contributed by atoms with Crippen molar-refractivity contribution in [3.63, 3.8) is 0 Å². The molecule has 0 bridgehead atoms. The molecule has 0 aliphatic heterocycles. The number of benzene rings is 2. The van der Waals surface area contributed by atoms with Gasteiger partial charge in [0.05, 0.1) is 6.54 Å². The summed E-state index contributed by atoms with van der Waals surface area (Å²) < 4.78 is 0. The monoisotopic (exact) mass is 238 g/mol. The lowest BCUT2D eigenvalue weighted by atomic mass is 10.2. The van der Waals surface area contributed by atoms with E-state index in [1.165, 1.54) is 5.56 Å². The van der Waals surface area contributed by atoms with Crippen molar-refractivity contribution in [2.45, 2.75) is 6.92 Å². The molecular formula is C16H18N2. The fourth-order valence-electron chi connectivity index (χ4n) is 1.64. The quantitative estimate of drug-likeness (QED) is 0.625. The largest absolute Gasteiger partial charge is 0.383 e. The Bertz CT molecular complexity index is 486. The lowest BCUT2D eigenvalue weighted by Crippen LogP contribution is -2.04. The van der Waals surface area contributed by atoms with E-state index < -0.39 is 0 Å². The summed E-state index contributed by atoms with van der Waals surface area (Å²) in [6.45, 7) is 3.72. The van der Waals surface area contributed by atoms with Gasteiger partial charge in [0.25, 0.3) is 0 Å². The van der Waals surface area contributed by atoms with Gasteiger partial charge in [-0.15, -0.1) is 0 Å². The van der Waals surface area contributed by atoms with Crippen LogP contribution in [0.4, 0.5) is 5.69 Å². The molecule has 0 fully saturated rings. The molecule has 18 heavy (non-hydrogen) atoms. The second-order valence-electron chi connectivity index (χ2n) is 4.24. The zero-order valence-electron chi connectivity index (χ0n) is 10.6. The third-order valence-corrected chi connectivity index (χ3v) is 2.66. The Balaban J connectivity index is 1.74. The van der Waals surface area contributed by atoms with Crippen molar-refractivity contribution in [1.29, 1.82) is 0 Å². The molecule has 0 radical (unpaired) electrons. The minimum absolute atomic E-state index is 0.781. The van der Waals surface area contributed by atoms with Crippen molar-refractivity contribution in [1.82, 2.24) is 0 Å². The van der Waals surface area contributed by atoms with Gasteiger partial charge in [0.1, 0.15) is 0 Å². The fraction of sp³-hybridized carbons (Fsp3) is 0.188. The summed E-state index contributed by atoms with van der Waals surface area (Å²) >= 11 is 0. The molecule has 2 rings (SSSR count). The number of anilines is 1. The van der Waals surface area contributed by atoms with Gasteiger partial charge in [-0.2, -0.15) is 0 Å². The molecule has 0 amide bonds. The molecule has 0 unspecified atom stereocenters. The molecule has 0 saturated carbocycles. The second-order valence-corrected chi connectivity index (χ2v) is 4.24. The van der Waals surface area contributed by atoms with Crippen molar-refractivity contribution in [2.24, 2.45) is 4.99 Å². The number of nitrogens with one attached hydrogen (secondary N) is 1. The smallest absolute Gasteiger partial charge is 0.0562 e. The molecule has 0 heterocycles. The molecule has 0 aromatic heterocycles. The number of hydrogen-bond donors (Lipinski definition) is 1. The van der Waals surface area contributed by atoms with Gasteiger partial charge >= 0.3 is 0 Å². The first-order valence-electron chi connectivity index (χ1n) is 6.20. The second kappa shape index (κ2) is 6.60. The molecule has 2 aromatic rings. The van der Waals surface area contributed by atoms with Crippen LogP contribution in [0.1, 0.15) is 11.1 Å². The van der Waals surface area contributed by atoms with E-state index in [-0.39, 0.29) is 0 Å². The van der Waals surface area contributed by atoms with Gasteiger partial charge in [-0.05, 0) is 24.6 Å². The summed E-state index contributed by atoms with van der Waals surface area (Å²) in [5.41, 5.74) is 3.57. The number of hydrogen-bond acceptors (Lipinski definition) is 2. The molecule has 0 atom stereocenters. The van der Waals surface area contributed by atoms with Gasteiger partial charge in [0, 0.05) is 18.4 Å². The molecule has 2 heteroatoms. The Morgan fingerprint density at radius 2 is 1.72 bits per heavy atom. The third-order valence-electron chi connectivity index (χ3n) is 2.66. The van der Waals surface area contributed by atoms with E-state index in [9.17, 15) is 0 Å². The zero-order valence-corrected chi connectivity index (χ0v) is 10.6. The van der Waals surface area contributed by atoms with E-state index in [0.29, 0.717) is 0 Å². The van der Waals surface area contributed by atoms with Crippen molar-refractivity contribution >= 4 is 11.9 Å². The fourth-order valence-corrected chi connectivity index (χ4v) is 1.64. The maximum absolute atomic E-state index is 4.40. The van der Waals surface area contributed by atoms with Gasteiger partial charge in [0.15, 0.2) is 0 Å². The Labute approximate surface area is 108 Å². The van der Waals surface area contributed by atoms with Crippen LogP contribution in [0.5, 0.6) is 0 Å². The lowest BCUT2D eigenvalue weighted by molar-refractivity contribution is 1.03. The molecule has 0 aliphatic carbocycles. The Morgan fingerprint density at radius 1 is 1.00 bits per heavy atom. The van der Waals surface area contributed by atoms with E-state index in [4.69, 9.17) is 0 Å². The van der Waals surface area contributed by atoms with Gasteiger partial charge in [-0.3, -0.25) is 4.99 Å². The Kier molecular flexibility index (Phi) is 4.53. The van der Waals surface area contributed by atoms with Crippen LogP contribution in [0.25, 0.3) is 0 Å². The first-order valence-corrected chi connectivity index (χ1v) is 6.20. The summed E-state index contributed by atoms with van der Waals surface area (Å²) in [4.78, 5) is 4.40. The number of rotatable bonds is 5. The van der Waals surface area contributed by atoms with Crippen LogP contribution < -0.4 is 5.32 Å². The average molecular weight is 238 g/mol. The first-order chi connectivity index (χ1) is 8.84. The SMILES string of the molecule is Cc1ccc(C=NCCNc2ccccc2)cc1. The van der Waals surface area contributed by atoms with E-state index in [0.717, 1.165) is 24.3 Å². The minimum atomic E-state index is 0.781. The van der Waals surface area contributed by atoms with Crippen molar-refractivity contribution in [2.75, 3.05) is 18.4 Å². The molecule has 1 N–H and O–H groups in total. The Morgan fingerprint density at radius 3 is 2.44 bits per heavy atom. The summed E-state index contributed by atoms with van der Waals surface area (Å²) in [5, 5.41) is 3.33. The molecule has 0 saturated heterocycles. The number of para-hydroxylation sites is 1. The Hall–Kier alpha value is -2.09. The highest BCUT2D eigenvalue weighted by Gasteiger charge is 1.89. The number of nitrogens with zero attached hydrogens (tertiary/aromatic N) is 1. The summed E-state index contributed by atoms with van der Waals surface area (Å²) in [7, 11) is 0. The molecule has 0 spiro atoms. The van der Waals surface area contributed by atoms with Crippen LogP contribution in [0.3, 0.4) is 0 Å². The average Bonchev–Trinajstić information content (AvgIpc) is 2.42. The van der Waals surface area contributed by atoms with Crippen LogP contribution in [-0.2, 0) is 0 Å². The maximum Gasteiger partial charge on any atom is 0.0562 e. The van der Waals surface area contributed by atoms with E-state index in [1.54, 1.807) is 0 Å². The van der Waals surface area contributed by atoms with Crippen molar-refractivity contribution in [3.05, 3.63) is 65.7 Å². The molecule has 2 aromatic carbocycles. The van der Waals surface area contributed by atoms with Crippen LogP contribution in [0.2, 0.25) is 0 Å². The van der Waals surface area contributed by atoms with Gasteiger partial charge in [-0.1, -0.05) is 48.0 Å². The number of aryl methyl sites for hydroxylation is 1. The van der Waals surface area contributed by atoms with Crippen LogP contribution >= 0.6 is 0 Å². The topological polar surface area (TPSA) is 24.4 Å². The van der Waals surface area contributed by atoms with Crippen molar-refractivity contribution in [3.8, 4) is 0 Å². The summed E-state index contributed by atoms with van der Waals surface area (Å²) in [5.74, 6) is 0. The van der Waals surface area contributed by atoms with Gasteiger partial charge < -0.3 is 5.32 Å². The van der Waals surface area contributed by atoms with Gasteiger partial charge in [0.2, 0.25) is 0 Å². The minimum Gasteiger partial charge on any atom is -0.383 e. The van der Waals surface area contributed by atoms with E-state index in [1.807, 2.05) is 24.4 Å². The van der Waals surface area contributed by atoms with E-state index >= 15 is 0 Å². The van der Waals surface area contributed by atoms with Crippen molar-refractivity contribution < 1.29 is 0 Å². The first kappa shape index (κ1) is 12.4. The maximum atomic E-state index is 4.40. The predicted molar refractivity (Wildman–Crippen MR) is 78.6 cm³/mol. The zero-order chi connectivity index (χ0) is 12.6. The molecule has 2 nitrogen and oxygen atoms in total. The van der Waals surface area contributed by atoms with Crippen LogP contribution in [0.15, 0.2) is 59.6 Å². The highest BCUT2D eigenvalue weighted by Crippen LogP contribution is 2.04. The summed E-state index contributed by atoms with van der Waals surface area (Å²) in [6, 6.07) is 18.6.